The summed E-state index contributed by atoms with van der Waals surface area (Å²) < 4.78 is 0. The van der Waals surface area contributed by atoms with E-state index in [0.717, 1.165) is 24.8 Å². The molecule has 2 aliphatic rings. The zero-order chi connectivity index (χ0) is 16.8. The van der Waals surface area contributed by atoms with Crippen LogP contribution in [0.2, 0.25) is 0 Å². The van der Waals surface area contributed by atoms with E-state index < -0.39 is 12.0 Å². The highest BCUT2D eigenvalue weighted by Crippen LogP contribution is 2.70. The molecule has 0 aromatic heterocycles. The Kier molecular flexibility index (Phi) is 3.74. The fraction of sp³-hybridized carbons (Fsp3) is 0.579. The van der Waals surface area contributed by atoms with Crippen LogP contribution in [-0.2, 0) is 15.0 Å². The van der Waals surface area contributed by atoms with Gasteiger partial charge in [0.1, 0.15) is 0 Å². The van der Waals surface area contributed by atoms with Crippen molar-refractivity contribution in [2.75, 3.05) is 0 Å². The molecule has 2 atom stereocenters. The van der Waals surface area contributed by atoms with Gasteiger partial charge in [-0.1, -0.05) is 45.0 Å². The number of hydrogen-bond donors (Lipinski definition) is 2. The average molecular weight is 315 g/mol. The molecule has 0 radical (unpaired) electrons. The van der Waals surface area contributed by atoms with Crippen LogP contribution in [0, 0.1) is 11.3 Å². The summed E-state index contributed by atoms with van der Waals surface area (Å²) in [7, 11) is 0. The molecule has 23 heavy (non-hydrogen) atoms. The number of hydrogen-bond acceptors (Lipinski definition) is 2. The third-order valence-corrected chi connectivity index (χ3v) is 5.27. The van der Waals surface area contributed by atoms with E-state index in [-0.39, 0.29) is 29.1 Å². The molecule has 4 heteroatoms. The Balaban J connectivity index is 1.73. The summed E-state index contributed by atoms with van der Waals surface area (Å²) in [4.78, 5) is 23.5. The monoisotopic (exact) mass is 315 g/mol. The first-order chi connectivity index (χ1) is 10.7. The van der Waals surface area contributed by atoms with E-state index in [2.05, 4.69) is 26.1 Å². The molecule has 2 fully saturated rings. The first-order valence-electron chi connectivity index (χ1n) is 8.34. The predicted octanol–water partition coefficient (Wildman–Crippen LogP) is 3.42. The van der Waals surface area contributed by atoms with Crippen LogP contribution in [0.25, 0.3) is 0 Å². The Labute approximate surface area is 137 Å². The second-order valence-electron chi connectivity index (χ2n) is 8.15. The van der Waals surface area contributed by atoms with Gasteiger partial charge in [0.25, 0.3) is 0 Å². The summed E-state index contributed by atoms with van der Waals surface area (Å²) in [6.45, 7) is 6.42. The first kappa shape index (κ1) is 16.0. The van der Waals surface area contributed by atoms with Crippen LogP contribution < -0.4 is 5.32 Å². The highest BCUT2D eigenvalue weighted by molar-refractivity contribution is 5.84. The lowest BCUT2D eigenvalue weighted by molar-refractivity contribution is -0.137. The third-order valence-electron chi connectivity index (χ3n) is 5.27. The van der Waals surface area contributed by atoms with E-state index in [1.54, 1.807) is 0 Å². The number of carbonyl (C=O) groups excluding carboxylic acids is 1. The molecule has 1 spiro atoms. The molecular weight excluding hydrogens is 290 g/mol. The molecule has 2 aliphatic carbocycles. The normalized spacial score (nSPS) is 22.5. The number of rotatable bonds is 5. The topological polar surface area (TPSA) is 66.4 Å². The summed E-state index contributed by atoms with van der Waals surface area (Å²) in [6, 6.07) is 7.47. The summed E-state index contributed by atoms with van der Waals surface area (Å²) in [6.07, 6.45) is 3.19. The van der Waals surface area contributed by atoms with Crippen molar-refractivity contribution in [3.05, 3.63) is 35.4 Å². The van der Waals surface area contributed by atoms with E-state index in [0.29, 0.717) is 0 Å². The number of amides is 1. The van der Waals surface area contributed by atoms with Gasteiger partial charge in [-0.25, -0.2) is 0 Å². The maximum absolute atomic E-state index is 12.3. The summed E-state index contributed by atoms with van der Waals surface area (Å²) in [5, 5.41) is 12.1. The van der Waals surface area contributed by atoms with Crippen molar-refractivity contribution in [3.63, 3.8) is 0 Å². The second kappa shape index (κ2) is 5.36. The minimum Gasteiger partial charge on any atom is -0.481 e. The second-order valence-corrected chi connectivity index (χ2v) is 8.15. The Bertz CT molecular complexity index is 623. The number of aliphatic carboxylic acids is 1. The highest BCUT2D eigenvalue weighted by Gasteiger charge is 2.65. The van der Waals surface area contributed by atoms with E-state index in [1.807, 2.05) is 24.3 Å². The summed E-state index contributed by atoms with van der Waals surface area (Å²) >= 11 is 0. The van der Waals surface area contributed by atoms with Crippen LogP contribution >= 0.6 is 0 Å². The maximum Gasteiger partial charge on any atom is 0.305 e. The molecule has 2 unspecified atom stereocenters. The smallest absolute Gasteiger partial charge is 0.305 e. The van der Waals surface area contributed by atoms with Gasteiger partial charge >= 0.3 is 5.97 Å². The van der Waals surface area contributed by atoms with Gasteiger partial charge < -0.3 is 10.4 Å². The van der Waals surface area contributed by atoms with E-state index in [9.17, 15) is 9.59 Å². The zero-order valence-corrected chi connectivity index (χ0v) is 14.1. The lowest BCUT2D eigenvalue weighted by atomic mass is 9.86. The van der Waals surface area contributed by atoms with Crippen molar-refractivity contribution in [1.29, 1.82) is 0 Å². The van der Waals surface area contributed by atoms with Crippen LogP contribution in [0.5, 0.6) is 0 Å². The van der Waals surface area contributed by atoms with Crippen molar-refractivity contribution in [2.45, 2.75) is 57.9 Å². The Morgan fingerprint density at radius 3 is 2.30 bits per heavy atom. The van der Waals surface area contributed by atoms with Crippen molar-refractivity contribution < 1.29 is 14.7 Å². The van der Waals surface area contributed by atoms with Crippen LogP contribution in [0.3, 0.4) is 0 Å². The van der Waals surface area contributed by atoms with Crippen LogP contribution in [0.4, 0.5) is 0 Å². The lowest BCUT2D eigenvalue weighted by Crippen LogP contribution is -2.32. The zero-order valence-electron chi connectivity index (χ0n) is 14.1. The van der Waals surface area contributed by atoms with Crippen molar-refractivity contribution in [2.24, 2.45) is 11.3 Å². The molecule has 2 N–H and O–H groups in total. The Morgan fingerprint density at radius 2 is 1.87 bits per heavy atom. The largest absolute Gasteiger partial charge is 0.481 e. The van der Waals surface area contributed by atoms with Crippen LogP contribution in [-0.4, -0.2) is 17.0 Å². The Hall–Kier alpha value is -1.84. The summed E-state index contributed by atoms with van der Waals surface area (Å²) in [5.41, 5.74) is 2.39. The van der Waals surface area contributed by atoms with E-state index >= 15 is 0 Å². The van der Waals surface area contributed by atoms with Gasteiger partial charge in [0, 0.05) is 5.92 Å². The number of carboxylic acid groups (broad SMARTS) is 1. The molecule has 124 valence electrons. The molecule has 1 aromatic carbocycles. The molecule has 0 heterocycles. The molecule has 1 aromatic rings. The number of carboxylic acids is 1. The third kappa shape index (κ3) is 3.41. The minimum atomic E-state index is -0.896. The fourth-order valence-corrected chi connectivity index (χ4v) is 3.35. The molecule has 0 aliphatic heterocycles. The van der Waals surface area contributed by atoms with E-state index in [4.69, 9.17) is 5.11 Å². The van der Waals surface area contributed by atoms with Gasteiger partial charge in [0.2, 0.25) is 5.91 Å². The molecule has 2 saturated carbocycles. The van der Waals surface area contributed by atoms with E-state index in [1.165, 1.54) is 5.56 Å². The molecule has 1 amide bonds. The standard InChI is InChI=1S/C19H25NO3/c1-18(2,3)13-6-4-12(5-7-13)15(10-16(21)22)20-17(23)14-11-19(14)8-9-19/h4-7,14-15H,8-11H2,1-3H3,(H,20,23)(H,21,22). The van der Waals surface area contributed by atoms with Gasteiger partial charge in [0.15, 0.2) is 0 Å². The SMILES string of the molecule is CC(C)(C)c1ccc(C(CC(=O)O)NC(=O)C2CC23CC3)cc1. The van der Waals surface area contributed by atoms with Gasteiger partial charge in [0.05, 0.1) is 12.5 Å². The minimum absolute atomic E-state index is 0.0219. The van der Waals surface area contributed by atoms with Crippen LogP contribution in [0.1, 0.15) is 63.6 Å². The average Bonchev–Trinajstić information content (AvgIpc) is 3.37. The number of nitrogens with one attached hydrogen (secondary N) is 1. The first-order valence-corrected chi connectivity index (χ1v) is 8.34. The lowest BCUT2D eigenvalue weighted by Gasteiger charge is -2.22. The number of carbonyl (C=O) groups is 2. The molecular formula is C19H25NO3. The van der Waals surface area contributed by atoms with Gasteiger partial charge in [-0.05, 0) is 41.2 Å². The van der Waals surface area contributed by atoms with Gasteiger partial charge in [-0.2, -0.15) is 0 Å². The van der Waals surface area contributed by atoms with Gasteiger partial charge in [-0.15, -0.1) is 0 Å². The van der Waals surface area contributed by atoms with Crippen molar-refractivity contribution >= 4 is 11.9 Å². The molecule has 3 rings (SSSR count). The van der Waals surface area contributed by atoms with Gasteiger partial charge in [-0.3, -0.25) is 9.59 Å². The van der Waals surface area contributed by atoms with Crippen LogP contribution in [0.15, 0.2) is 24.3 Å². The number of benzene rings is 1. The quantitative estimate of drug-likeness (QED) is 0.875. The molecule has 0 saturated heterocycles. The summed E-state index contributed by atoms with van der Waals surface area (Å²) in [5.74, 6) is -0.770. The van der Waals surface area contributed by atoms with Crippen molar-refractivity contribution in [1.82, 2.24) is 5.32 Å². The Morgan fingerprint density at radius 1 is 1.26 bits per heavy atom. The molecule has 0 bridgehead atoms. The highest BCUT2D eigenvalue weighted by atomic mass is 16.4. The predicted molar refractivity (Wildman–Crippen MR) is 88.1 cm³/mol. The fourth-order valence-electron chi connectivity index (χ4n) is 3.35. The maximum atomic E-state index is 12.3. The van der Waals surface area contributed by atoms with Crippen molar-refractivity contribution in [3.8, 4) is 0 Å². The molecule has 4 nitrogen and oxygen atoms in total.